The van der Waals surface area contributed by atoms with Crippen LogP contribution in [0.15, 0.2) is 77.4 Å². The lowest BCUT2D eigenvalue weighted by Gasteiger charge is -2.34. The highest BCUT2D eigenvalue weighted by atomic mass is 16.5. The molecular formula is C24H20N4O5. The standard InChI is InChI=1S/C24H20N4O5/c1-14-20(22(30)32-13-15-7-3-2-4-8-15)24(17(11-25)21(27)33-14)16-9-5-6-10-18(16)28(23(24)31)12-19(26)29/h2-10H,12-13,27H2,1H3,(H2,26,29)/t24-/m1/s1. The zero-order valence-corrected chi connectivity index (χ0v) is 17.7. The largest absolute Gasteiger partial charge is 0.457 e. The third kappa shape index (κ3) is 3.29. The average Bonchev–Trinajstić information content (AvgIpc) is 3.02. The molecule has 1 spiro atoms. The Bertz CT molecular complexity index is 1280. The van der Waals surface area contributed by atoms with Crippen LogP contribution in [0.5, 0.6) is 0 Å². The second-order valence-electron chi connectivity index (χ2n) is 7.57. The number of amides is 2. The van der Waals surface area contributed by atoms with E-state index in [0.717, 1.165) is 10.5 Å². The van der Waals surface area contributed by atoms with E-state index in [1.165, 1.54) is 6.92 Å². The van der Waals surface area contributed by atoms with Crippen LogP contribution in [0.3, 0.4) is 0 Å². The van der Waals surface area contributed by atoms with Crippen LogP contribution >= 0.6 is 0 Å². The number of nitrogens with two attached hydrogens (primary N) is 2. The third-order valence-corrected chi connectivity index (χ3v) is 5.62. The molecule has 9 heteroatoms. The van der Waals surface area contributed by atoms with Gasteiger partial charge in [0.2, 0.25) is 17.7 Å². The highest BCUT2D eigenvalue weighted by molar-refractivity contribution is 6.19. The van der Waals surface area contributed by atoms with E-state index in [1.807, 2.05) is 12.1 Å². The number of esters is 1. The summed E-state index contributed by atoms with van der Waals surface area (Å²) >= 11 is 0. The Balaban J connectivity index is 1.89. The molecule has 0 radical (unpaired) electrons. The number of primary amides is 1. The Labute approximate surface area is 189 Å². The van der Waals surface area contributed by atoms with Gasteiger partial charge in [-0.15, -0.1) is 0 Å². The number of allylic oxidation sites excluding steroid dienone is 1. The maximum absolute atomic E-state index is 13.9. The molecule has 0 saturated heterocycles. The molecule has 4 rings (SSSR count). The monoisotopic (exact) mass is 444 g/mol. The molecule has 2 aromatic carbocycles. The predicted molar refractivity (Wildman–Crippen MR) is 117 cm³/mol. The topological polar surface area (TPSA) is 149 Å². The molecule has 0 aromatic heterocycles. The summed E-state index contributed by atoms with van der Waals surface area (Å²) in [5.74, 6) is -2.60. The zero-order chi connectivity index (χ0) is 23.8. The van der Waals surface area contributed by atoms with Crippen molar-refractivity contribution in [1.82, 2.24) is 0 Å². The fraction of sp³-hybridized carbons (Fsp3) is 0.167. The first-order valence-corrected chi connectivity index (χ1v) is 10.0. The van der Waals surface area contributed by atoms with Crippen LogP contribution in [-0.2, 0) is 35.9 Å². The summed E-state index contributed by atoms with van der Waals surface area (Å²) < 4.78 is 11.0. The summed E-state index contributed by atoms with van der Waals surface area (Å²) in [6.45, 7) is 0.964. The van der Waals surface area contributed by atoms with Crippen LogP contribution in [0, 0.1) is 11.3 Å². The van der Waals surface area contributed by atoms with E-state index >= 15 is 0 Å². The number of anilines is 1. The molecule has 0 saturated carbocycles. The van der Waals surface area contributed by atoms with Crippen LogP contribution in [-0.4, -0.2) is 24.3 Å². The molecule has 2 aliphatic heterocycles. The summed E-state index contributed by atoms with van der Waals surface area (Å²) in [5.41, 5.74) is 10.4. The molecule has 1 atom stereocenters. The zero-order valence-electron chi connectivity index (χ0n) is 17.7. The number of carbonyl (C=O) groups excluding carboxylic acids is 3. The van der Waals surface area contributed by atoms with E-state index in [0.29, 0.717) is 11.3 Å². The van der Waals surface area contributed by atoms with Crippen molar-refractivity contribution in [2.45, 2.75) is 18.9 Å². The van der Waals surface area contributed by atoms with Gasteiger partial charge in [-0.05, 0) is 18.6 Å². The summed E-state index contributed by atoms with van der Waals surface area (Å²) in [5, 5.41) is 9.99. The molecule has 2 amide bonds. The maximum atomic E-state index is 13.9. The van der Waals surface area contributed by atoms with E-state index in [4.69, 9.17) is 20.9 Å². The van der Waals surface area contributed by atoms with Crippen molar-refractivity contribution >= 4 is 23.5 Å². The van der Waals surface area contributed by atoms with Crippen LogP contribution in [0.25, 0.3) is 0 Å². The maximum Gasteiger partial charge on any atom is 0.339 e. The fourth-order valence-electron chi connectivity index (χ4n) is 4.32. The molecule has 2 aromatic rings. The molecular weight excluding hydrogens is 424 g/mol. The Kier molecular flexibility index (Phi) is 5.35. The number of ether oxygens (including phenoxy) is 2. The van der Waals surface area contributed by atoms with Crippen molar-refractivity contribution < 1.29 is 23.9 Å². The van der Waals surface area contributed by atoms with Gasteiger partial charge in [-0.25, -0.2) is 4.79 Å². The van der Waals surface area contributed by atoms with Gasteiger partial charge in [-0.1, -0.05) is 48.5 Å². The van der Waals surface area contributed by atoms with E-state index in [1.54, 1.807) is 48.5 Å². The minimum atomic E-state index is -1.93. The number of hydrogen-bond donors (Lipinski definition) is 2. The number of carbonyl (C=O) groups is 3. The first-order valence-electron chi connectivity index (χ1n) is 10.0. The summed E-state index contributed by atoms with van der Waals surface area (Å²) in [4.78, 5) is 40.2. The lowest BCUT2D eigenvalue weighted by atomic mass is 9.68. The normalized spacial score (nSPS) is 19.3. The molecule has 0 bridgehead atoms. The molecule has 0 fully saturated rings. The van der Waals surface area contributed by atoms with Crippen LogP contribution < -0.4 is 16.4 Å². The van der Waals surface area contributed by atoms with Gasteiger partial charge in [-0.3, -0.25) is 9.59 Å². The lowest BCUT2D eigenvalue weighted by molar-refractivity contribution is -0.142. The highest BCUT2D eigenvalue weighted by Gasteiger charge is 2.62. The molecule has 166 valence electrons. The molecule has 2 heterocycles. The van der Waals surface area contributed by atoms with Crippen LogP contribution in [0.2, 0.25) is 0 Å². The number of rotatable bonds is 5. The third-order valence-electron chi connectivity index (χ3n) is 5.62. The Morgan fingerprint density at radius 3 is 2.48 bits per heavy atom. The quantitative estimate of drug-likeness (QED) is 0.664. The molecule has 2 aliphatic rings. The Morgan fingerprint density at radius 2 is 1.82 bits per heavy atom. The predicted octanol–water partition coefficient (Wildman–Crippen LogP) is 1.50. The first kappa shape index (κ1) is 21.6. The van der Waals surface area contributed by atoms with Crippen LogP contribution in [0.4, 0.5) is 5.69 Å². The number of nitriles is 1. The Hall–Kier alpha value is -4.58. The van der Waals surface area contributed by atoms with Gasteiger partial charge < -0.3 is 25.8 Å². The van der Waals surface area contributed by atoms with Gasteiger partial charge in [0, 0.05) is 11.3 Å². The minimum Gasteiger partial charge on any atom is -0.457 e. The minimum absolute atomic E-state index is 0.0219. The highest BCUT2D eigenvalue weighted by Crippen LogP contribution is 2.54. The van der Waals surface area contributed by atoms with Gasteiger partial charge in [0.1, 0.15) is 36.1 Å². The van der Waals surface area contributed by atoms with Crippen molar-refractivity contribution in [3.63, 3.8) is 0 Å². The number of fused-ring (bicyclic) bond motifs is 2. The van der Waals surface area contributed by atoms with Crippen molar-refractivity contribution in [2.24, 2.45) is 11.5 Å². The fourth-order valence-corrected chi connectivity index (χ4v) is 4.32. The molecule has 0 unspecified atom stereocenters. The van der Waals surface area contributed by atoms with Gasteiger partial charge >= 0.3 is 5.97 Å². The van der Waals surface area contributed by atoms with Gasteiger partial charge in [0.05, 0.1) is 0 Å². The molecule has 9 nitrogen and oxygen atoms in total. The number of hydrogen-bond acceptors (Lipinski definition) is 7. The Morgan fingerprint density at radius 1 is 1.15 bits per heavy atom. The van der Waals surface area contributed by atoms with Crippen molar-refractivity contribution in [1.29, 1.82) is 5.26 Å². The average molecular weight is 444 g/mol. The van der Waals surface area contributed by atoms with E-state index in [2.05, 4.69) is 0 Å². The number of para-hydroxylation sites is 1. The molecule has 4 N–H and O–H groups in total. The summed E-state index contributed by atoms with van der Waals surface area (Å²) in [6.07, 6.45) is 0. The van der Waals surface area contributed by atoms with Crippen molar-refractivity contribution in [3.05, 3.63) is 88.5 Å². The first-order chi connectivity index (χ1) is 15.8. The summed E-state index contributed by atoms with van der Waals surface area (Å²) in [6, 6.07) is 17.5. The van der Waals surface area contributed by atoms with E-state index in [-0.39, 0.29) is 29.4 Å². The second-order valence-corrected chi connectivity index (χ2v) is 7.57. The van der Waals surface area contributed by atoms with Crippen LogP contribution in [0.1, 0.15) is 18.1 Å². The SMILES string of the molecule is CC1=C(C(=O)OCc2ccccc2)[C@]2(C(=O)N(CC(N)=O)c3ccccc32)C(C#N)=C(N)O1. The smallest absolute Gasteiger partial charge is 0.339 e. The van der Waals surface area contributed by atoms with Gasteiger partial charge in [-0.2, -0.15) is 5.26 Å². The van der Waals surface area contributed by atoms with Crippen molar-refractivity contribution in [3.8, 4) is 6.07 Å². The molecule has 33 heavy (non-hydrogen) atoms. The van der Waals surface area contributed by atoms with E-state index in [9.17, 15) is 19.6 Å². The van der Waals surface area contributed by atoms with E-state index < -0.39 is 29.7 Å². The van der Waals surface area contributed by atoms with Crippen molar-refractivity contribution in [2.75, 3.05) is 11.4 Å². The van der Waals surface area contributed by atoms with Gasteiger partial charge in [0.25, 0.3) is 0 Å². The summed E-state index contributed by atoms with van der Waals surface area (Å²) in [7, 11) is 0. The lowest BCUT2D eigenvalue weighted by Crippen LogP contribution is -2.50. The molecule has 0 aliphatic carbocycles. The number of nitrogens with zero attached hydrogens (tertiary/aromatic N) is 2. The number of benzene rings is 2. The second kappa shape index (κ2) is 8.16. The van der Waals surface area contributed by atoms with Gasteiger partial charge in [0.15, 0.2) is 5.41 Å².